The first-order chi connectivity index (χ1) is 12.6. The largest absolute Gasteiger partial charge is 0.389 e. The zero-order valence-corrected chi connectivity index (χ0v) is 14.9. The number of rotatable bonds is 5. The fourth-order valence-electron chi connectivity index (χ4n) is 4.62. The van der Waals surface area contributed by atoms with Gasteiger partial charge in [-0.3, -0.25) is 0 Å². The molecule has 0 bridgehead atoms. The summed E-state index contributed by atoms with van der Waals surface area (Å²) in [5, 5.41) is 13.8. The van der Waals surface area contributed by atoms with Crippen molar-refractivity contribution in [3.63, 3.8) is 0 Å². The monoisotopic (exact) mass is 358 g/mol. The second kappa shape index (κ2) is 6.63. The summed E-state index contributed by atoms with van der Waals surface area (Å²) >= 11 is 0. The van der Waals surface area contributed by atoms with Gasteiger partial charge in [0, 0.05) is 18.5 Å². The van der Waals surface area contributed by atoms with Gasteiger partial charge in [0.15, 0.2) is 0 Å². The number of likely N-dealkylation sites (N-methyl/N-ethyl adjacent to an activating group) is 1. The van der Waals surface area contributed by atoms with Crippen LogP contribution in [0.1, 0.15) is 36.4 Å². The van der Waals surface area contributed by atoms with Crippen LogP contribution in [0.3, 0.4) is 0 Å². The topological polar surface area (TPSA) is 35.5 Å². The molecule has 4 rings (SSSR count). The lowest BCUT2D eigenvalue weighted by molar-refractivity contribution is 0.136. The molecule has 1 heterocycles. The van der Waals surface area contributed by atoms with E-state index in [1.165, 1.54) is 18.2 Å². The maximum Gasteiger partial charge on any atom is 0.146 e. The minimum absolute atomic E-state index is 0.0393. The van der Waals surface area contributed by atoms with Gasteiger partial charge < -0.3 is 15.3 Å². The van der Waals surface area contributed by atoms with E-state index in [9.17, 15) is 13.9 Å². The molecule has 1 fully saturated rings. The Bertz CT molecular complexity index is 806. The highest BCUT2D eigenvalue weighted by Gasteiger charge is 2.50. The van der Waals surface area contributed by atoms with Gasteiger partial charge in [0.2, 0.25) is 0 Å². The normalized spacial score (nSPS) is 19.9. The summed E-state index contributed by atoms with van der Waals surface area (Å²) in [5.74, 6) is -0.625. The molecule has 3 nitrogen and oxygen atoms in total. The van der Waals surface area contributed by atoms with Gasteiger partial charge in [-0.2, -0.15) is 0 Å². The number of hydrogen-bond donors (Lipinski definition) is 2. The molecule has 1 saturated carbocycles. The van der Waals surface area contributed by atoms with E-state index < -0.39 is 12.1 Å². The van der Waals surface area contributed by atoms with Crippen LogP contribution in [-0.2, 0) is 5.41 Å². The van der Waals surface area contributed by atoms with Crippen LogP contribution in [0.25, 0.3) is 0 Å². The average molecular weight is 358 g/mol. The molecule has 0 aromatic heterocycles. The molecule has 2 atom stereocenters. The standard InChI is InChI=1S/C21H24F2N2O/c1-24-12-18(26)19(14-5-2-6-15(22)11-14)25-13-21(9-4-10-21)16-7-3-8-17(23)20(16)25/h2-3,5-8,11,18-19,24,26H,4,9-10,12-13H2,1H3/t18-,19+/m1/s1. The van der Waals surface area contributed by atoms with Crippen molar-refractivity contribution < 1.29 is 13.9 Å². The fourth-order valence-corrected chi connectivity index (χ4v) is 4.62. The summed E-state index contributed by atoms with van der Waals surface area (Å²) in [7, 11) is 1.76. The number of anilines is 1. The molecule has 0 unspecified atom stereocenters. The summed E-state index contributed by atoms with van der Waals surface area (Å²) < 4.78 is 28.7. The molecular formula is C21H24F2N2O. The summed E-state index contributed by atoms with van der Waals surface area (Å²) in [6, 6.07) is 11.0. The van der Waals surface area contributed by atoms with E-state index in [1.54, 1.807) is 25.2 Å². The van der Waals surface area contributed by atoms with Crippen molar-refractivity contribution in [2.75, 3.05) is 25.0 Å². The van der Waals surface area contributed by atoms with E-state index in [0.717, 1.165) is 24.8 Å². The van der Waals surface area contributed by atoms with Crippen molar-refractivity contribution in [2.24, 2.45) is 0 Å². The molecule has 1 aliphatic carbocycles. The third-order valence-electron chi connectivity index (χ3n) is 5.93. The van der Waals surface area contributed by atoms with Gasteiger partial charge in [-0.1, -0.05) is 30.7 Å². The van der Waals surface area contributed by atoms with Crippen LogP contribution in [0.4, 0.5) is 14.5 Å². The lowest BCUT2D eigenvalue weighted by atomic mass is 9.66. The van der Waals surface area contributed by atoms with Crippen molar-refractivity contribution in [3.8, 4) is 0 Å². The Hall–Kier alpha value is -1.98. The predicted molar refractivity (Wildman–Crippen MR) is 98.3 cm³/mol. The lowest BCUT2D eigenvalue weighted by Crippen LogP contribution is -2.45. The average Bonchev–Trinajstić information content (AvgIpc) is 2.92. The molecule has 138 valence electrons. The molecule has 1 aliphatic heterocycles. The molecule has 2 aliphatic rings. The third kappa shape index (κ3) is 2.70. The summed E-state index contributed by atoms with van der Waals surface area (Å²) in [5.41, 5.74) is 2.22. The highest BCUT2D eigenvalue weighted by molar-refractivity contribution is 5.66. The van der Waals surface area contributed by atoms with Gasteiger partial charge in [0.1, 0.15) is 11.6 Å². The van der Waals surface area contributed by atoms with Crippen LogP contribution in [0.5, 0.6) is 0 Å². The van der Waals surface area contributed by atoms with E-state index in [1.807, 2.05) is 11.0 Å². The van der Waals surface area contributed by atoms with Crippen molar-refractivity contribution >= 4 is 5.69 Å². The zero-order chi connectivity index (χ0) is 18.3. The zero-order valence-electron chi connectivity index (χ0n) is 14.9. The van der Waals surface area contributed by atoms with Crippen LogP contribution < -0.4 is 10.2 Å². The Labute approximate surface area is 152 Å². The number of aliphatic hydroxyl groups is 1. The SMILES string of the molecule is CNC[C@@H](O)[C@H](c1cccc(F)c1)N1CC2(CCC2)c2cccc(F)c21. The summed E-state index contributed by atoms with van der Waals surface area (Å²) in [4.78, 5) is 1.96. The van der Waals surface area contributed by atoms with Gasteiger partial charge in [-0.05, 0) is 49.2 Å². The second-order valence-electron chi connectivity index (χ2n) is 7.52. The Balaban J connectivity index is 1.82. The molecule has 2 aromatic rings. The quantitative estimate of drug-likeness (QED) is 0.858. The number of nitrogens with zero attached hydrogens (tertiary/aromatic N) is 1. The molecule has 2 N–H and O–H groups in total. The van der Waals surface area contributed by atoms with E-state index in [4.69, 9.17) is 0 Å². The minimum atomic E-state index is -0.788. The number of para-hydroxylation sites is 1. The molecule has 26 heavy (non-hydrogen) atoms. The van der Waals surface area contributed by atoms with Crippen LogP contribution in [0.15, 0.2) is 42.5 Å². The molecule has 0 radical (unpaired) electrons. The Kier molecular flexibility index (Phi) is 4.45. The van der Waals surface area contributed by atoms with E-state index in [-0.39, 0.29) is 17.0 Å². The smallest absolute Gasteiger partial charge is 0.146 e. The minimum Gasteiger partial charge on any atom is -0.389 e. The van der Waals surface area contributed by atoms with E-state index >= 15 is 0 Å². The molecular weight excluding hydrogens is 334 g/mol. The van der Waals surface area contributed by atoms with Crippen LogP contribution in [0, 0.1) is 11.6 Å². The maximum atomic E-state index is 14.8. The highest BCUT2D eigenvalue weighted by Crippen LogP contribution is 2.55. The maximum absolute atomic E-state index is 14.8. The summed E-state index contributed by atoms with van der Waals surface area (Å²) in [6.45, 7) is 1.000. The first-order valence-electron chi connectivity index (χ1n) is 9.19. The highest BCUT2D eigenvalue weighted by atomic mass is 19.1. The van der Waals surface area contributed by atoms with Crippen molar-refractivity contribution in [1.82, 2.24) is 5.32 Å². The Morgan fingerprint density at radius 3 is 2.62 bits per heavy atom. The molecule has 0 amide bonds. The van der Waals surface area contributed by atoms with Crippen molar-refractivity contribution in [3.05, 3.63) is 65.2 Å². The van der Waals surface area contributed by atoms with Crippen LogP contribution >= 0.6 is 0 Å². The first-order valence-corrected chi connectivity index (χ1v) is 9.19. The van der Waals surface area contributed by atoms with E-state index in [2.05, 4.69) is 5.32 Å². The lowest BCUT2D eigenvalue weighted by Gasteiger charge is -2.41. The number of aliphatic hydroxyl groups excluding tert-OH is 1. The number of halogens is 2. The van der Waals surface area contributed by atoms with Crippen LogP contribution in [-0.4, -0.2) is 31.3 Å². The predicted octanol–water partition coefficient (Wildman–Crippen LogP) is 3.53. The first kappa shape index (κ1) is 17.4. The van der Waals surface area contributed by atoms with Gasteiger partial charge in [-0.25, -0.2) is 8.78 Å². The molecule has 1 spiro atoms. The van der Waals surface area contributed by atoms with Crippen LogP contribution in [0.2, 0.25) is 0 Å². The summed E-state index contributed by atoms with van der Waals surface area (Å²) in [6.07, 6.45) is 2.40. The molecule has 5 heteroatoms. The van der Waals surface area contributed by atoms with Gasteiger partial charge >= 0.3 is 0 Å². The van der Waals surface area contributed by atoms with E-state index in [0.29, 0.717) is 24.3 Å². The number of benzene rings is 2. The Morgan fingerprint density at radius 2 is 1.96 bits per heavy atom. The van der Waals surface area contributed by atoms with Gasteiger partial charge in [0.05, 0.1) is 17.8 Å². The Morgan fingerprint density at radius 1 is 1.19 bits per heavy atom. The fraction of sp³-hybridized carbons (Fsp3) is 0.429. The number of hydrogen-bond acceptors (Lipinski definition) is 3. The number of fused-ring (bicyclic) bond motifs is 2. The van der Waals surface area contributed by atoms with Gasteiger partial charge in [0.25, 0.3) is 0 Å². The van der Waals surface area contributed by atoms with Crippen molar-refractivity contribution in [1.29, 1.82) is 0 Å². The van der Waals surface area contributed by atoms with Gasteiger partial charge in [-0.15, -0.1) is 0 Å². The van der Waals surface area contributed by atoms with Crippen molar-refractivity contribution in [2.45, 2.75) is 36.8 Å². The second-order valence-corrected chi connectivity index (χ2v) is 7.52. The molecule has 2 aromatic carbocycles. The third-order valence-corrected chi connectivity index (χ3v) is 5.93. The molecule has 0 saturated heterocycles. The number of nitrogens with one attached hydrogen (secondary N) is 1.